The number of imidazole rings is 1. The number of rotatable bonds is 11. The van der Waals surface area contributed by atoms with E-state index < -0.39 is 0 Å². The summed E-state index contributed by atoms with van der Waals surface area (Å²) in [5.41, 5.74) is 1.85. The predicted octanol–water partition coefficient (Wildman–Crippen LogP) is 1.69. The molecule has 1 saturated heterocycles. The highest BCUT2D eigenvalue weighted by Gasteiger charge is 2.37. The van der Waals surface area contributed by atoms with Crippen molar-refractivity contribution < 1.29 is 24.0 Å². The molecule has 3 rings (SSSR count). The normalized spacial score (nSPS) is 19.7. The number of unbranched alkanes of at least 4 members (excludes halogenated alkanes) is 1. The molecule has 1 aromatic heterocycles. The van der Waals surface area contributed by atoms with Crippen LogP contribution in [0.4, 0.5) is 0 Å². The maximum Gasteiger partial charge on any atom is 0.380 e. The Bertz CT molecular complexity index is 926. The topological polar surface area (TPSA) is 86.9 Å². The Morgan fingerprint density at radius 3 is 2.76 bits per heavy atom. The molecule has 3 unspecified atom stereocenters. The molecule has 0 radical (unpaired) electrons. The van der Waals surface area contributed by atoms with Gasteiger partial charge in [0.1, 0.15) is 6.04 Å². The van der Waals surface area contributed by atoms with E-state index in [2.05, 4.69) is 23.7 Å². The fraction of sp³-hybridized carbons (Fsp3) is 0.640. The molecule has 1 aliphatic rings. The van der Waals surface area contributed by atoms with Gasteiger partial charge in [-0.2, -0.15) is 0 Å². The van der Waals surface area contributed by atoms with E-state index in [9.17, 15) is 9.59 Å². The van der Waals surface area contributed by atoms with Gasteiger partial charge >= 0.3 is 11.9 Å². The quantitative estimate of drug-likeness (QED) is 0.393. The Labute approximate surface area is 196 Å². The first-order valence-corrected chi connectivity index (χ1v) is 12.1. The highest BCUT2D eigenvalue weighted by atomic mass is 16.5. The zero-order chi connectivity index (χ0) is 23.8. The average molecular weight is 460 g/mol. The van der Waals surface area contributed by atoms with E-state index in [4.69, 9.17) is 14.5 Å². The summed E-state index contributed by atoms with van der Waals surface area (Å²) in [6, 6.07) is 8.07. The third-order valence-electron chi connectivity index (χ3n) is 6.21. The number of piperidine rings is 1. The number of fused-ring (bicyclic) bond motifs is 1. The number of aromatic nitrogens is 2. The molecule has 1 fully saturated rings. The maximum absolute atomic E-state index is 14.0. The van der Waals surface area contributed by atoms with Gasteiger partial charge in [-0.25, -0.2) is 9.78 Å². The summed E-state index contributed by atoms with van der Waals surface area (Å²) in [7, 11) is 1.71. The van der Waals surface area contributed by atoms with E-state index in [1.807, 2.05) is 24.3 Å². The summed E-state index contributed by atoms with van der Waals surface area (Å²) in [6.07, 6.45) is 2.69. The second-order valence-corrected chi connectivity index (χ2v) is 9.49. The molecule has 1 amide bonds. The van der Waals surface area contributed by atoms with E-state index in [-0.39, 0.29) is 23.8 Å². The van der Waals surface area contributed by atoms with Crippen LogP contribution in [-0.4, -0.2) is 67.4 Å². The minimum atomic E-state index is -0.262. The summed E-state index contributed by atoms with van der Waals surface area (Å²) < 4.78 is 12.5. The summed E-state index contributed by atoms with van der Waals surface area (Å²) in [6.45, 7) is 9.85. The Kier molecular flexibility index (Phi) is 9.41. The number of nitrogens with zero attached hydrogens (tertiary/aromatic N) is 2. The largest absolute Gasteiger partial charge is 0.466 e. The number of carbonyl (C=O) groups is 2. The minimum absolute atomic E-state index is 0.0478. The highest BCUT2D eigenvalue weighted by molar-refractivity contribution is 5.89. The fourth-order valence-corrected chi connectivity index (χ4v) is 4.68. The number of amides is 1. The van der Waals surface area contributed by atoms with Crippen LogP contribution in [0.5, 0.6) is 0 Å². The van der Waals surface area contributed by atoms with Crippen LogP contribution in [0.15, 0.2) is 24.3 Å². The number of methoxy groups -OCH3 is 1. The van der Waals surface area contributed by atoms with Crippen LogP contribution < -0.4 is 10.2 Å². The Hall–Kier alpha value is -2.29. The molecule has 8 nitrogen and oxygen atoms in total. The molecule has 2 aromatic rings. The van der Waals surface area contributed by atoms with Crippen LogP contribution in [0.25, 0.3) is 11.0 Å². The molecule has 8 heteroatoms. The molecule has 0 saturated carbocycles. The van der Waals surface area contributed by atoms with Crippen molar-refractivity contribution in [3.63, 3.8) is 0 Å². The molecule has 182 valence electrons. The molecule has 0 bridgehead atoms. The van der Waals surface area contributed by atoms with Crippen LogP contribution in [0.1, 0.15) is 50.7 Å². The lowest BCUT2D eigenvalue weighted by Gasteiger charge is -2.34. The zero-order valence-corrected chi connectivity index (χ0v) is 20.4. The van der Waals surface area contributed by atoms with Crippen molar-refractivity contribution in [3.8, 4) is 0 Å². The van der Waals surface area contributed by atoms with Gasteiger partial charge < -0.3 is 19.4 Å². The van der Waals surface area contributed by atoms with Crippen molar-refractivity contribution in [2.24, 2.45) is 11.8 Å². The molecule has 2 heterocycles. The van der Waals surface area contributed by atoms with E-state index >= 15 is 0 Å². The van der Waals surface area contributed by atoms with Crippen LogP contribution in [0.2, 0.25) is 0 Å². The van der Waals surface area contributed by atoms with Crippen molar-refractivity contribution in [1.29, 1.82) is 0 Å². The first-order valence-electron chi connectivity index (χ1n) is 12.1. The second kappa shape index (κ2) is 12.3. The number of aryl methyl sites for hydroxylation is 1. The number of hydrogen-bond acceptors (Lipinski definition) is 6. The van der Waals surface area contributed by atoms with Crippen LogP contribution in [0, 0.1) is 11.8 Å². The minimum Gasteiger partial charge on any atom is -0.466 e. The highest BCUT2D eigenvalue weighted by Crippen LogP contribution is 2.17. The van der Waals surface area contributed by atoms with Gasteiger partial charge in [0.15, 0.2) is 0 Å². The third kappa shape index (κ3) is 6.85. The number of ether oxygens (including phenoxy) is 2. The Morgan fingerprint density at radius 2 is 2.03 bits per heavy atom. The monoisotopic (exact) mass is 459 g/mol. The lowest BCUT2D eigenvalue weighted by molar-refractivity contribution is -0.846. The molecule has 33 heavy (non-hydrogen) atoms. The van der Waals surface area contributed by atoms with E-state index in [0.717, 1.165) is 61.4 Å². The molecule has 2 N–H and O–H groups in total. The number of esters is 1. The molecule has 1 aromatic carbocycles. The van der Waals surface area contributed by atoms with Gasteiger partial charge in [0.05, 0.1) is 24.2 Å². The SMILES string of the molecule is COCCCCn1c(C(=O)[NH+](CC(C)C)C2CNCC(COC(C)=O)C2)nc2ccccc21. The molecular weight excluding hydrogens is 420 g/mol. The van der Waals surface area contributed by atoms with Crippen LogP contribution in [-0.2, 0) is 20.8 Å². The average Bonchev–Trinajstić information content (AvgIpc) is 3.17. The molecule has 3 atom stereocenters. The van der Waals surface area contributed by atoms with E-state index in [0.29, 0.717) is 25.0 Å². The first kappa shape index (κ1) is 25.3. The smallest absolute Gasteiger partial charge is 0.380 e. The standard InChI is InChI=1S/C25H38N4O4/c1-18(2)16-29(21-13-20(14-26-15-21)17-33-19(3)30)25(31)24-27-22-9-5-6-10-23(22)28(24)11-7-8-12-32-4/h5-6,9-10,18,20-21,26H,7-8,11-17H2,1-4H3/p+1. The van der Waals surface area contributed by atoms with Crippen molar-refractivity contribution in [1.82, 2.24) is 14.9 Å². The predicted molar refractivity (Wildman–Crippen MR) is 127 cm³/mol. The van der Waals surface area contributed by atoms with Crippen molar-refractivity contribution in [2.45, 2.75) is 52.6 Å². The van der Waals surface area contributed by atoms with E-state index in [1.54, 1.807) is 7.11 Å². The lowest BCUT2D eigenvalue weighted by atomic mass is 9.94. The number of para-hydroxylation sites is 2. The van der Waals surface area contributed by atoms with Gasteiger partial charge in [0.2, 0.25) is 5.82 Å². The number of nitrogens with one attached hydrogen (secondary N) is 2. The van der Waals surface area contributed by atoms with Crippen molar-refractivity contribution in [3.05, 3.63) is 30.1 Å². The van der Waals surface area contributed by atoms with Gasteiger partial charge in [-0.3, -0.25) is 9.69 Å². The molecule has 1 aliphatic heterocycles. The molecular formula is C25H39N4O4+. The summed E-state index contributed by atoms with van der Waals surface area (Å²) in [4.78, 5) is 31.0. The molecule has 0 spiro atoms. The number of quaternary nitrogens is 1. The zero-order valence-electron chi connectivity index (χ0n) is 20.4. The van der Waals surface area contributed by atoms with Gasteiger partial charge in [-0.1, -0.05) is 26.0 Å². The van der Waals surface area contributed by atoms with Crippen molar-refractivity contribution >= 4 is 22.9 Å². The lowest BCUT2D eigenvalue weighted by Crippen LogP contribution is -3.20. The fourth-order valence-electron chi connectivity index (χ4n) is 4.68. The Morgan fingerprint density at radius 1 is 1.24 bits per heavy atom. The van der Waals surface area contributed by atoms with Crippen molar-refractivity contribution in [2.75, 3.05) is 40.0 Å². The summed E-state index contributed by atoms with van der Waals surface area (Å²) >= 11 is 0. The second-order valence-electron chi connectivity index (χ2n) is 9.49. The maximum atomic E-state index is 14.0. The van der Waals surface area contributed by atoms with Crippen LogP contribution in [0.3, 0.4) is 0 Å². The number of hydrogen-bond donors (Lipinski definition) is 2. The number of carbonyl (C=O) groups excluding carboxylic acids is 2. The van der Waals surface area contributed by atoms with Gasteiger partial charge in [0.25, 0.3) is 0 Å². The van der Waals surface area contributed by atoms with Gasteiger partial charge in [-0.15, -0.1) is 0 Å². The van der Waals surface area contributed by atoms with Gasteiger partial charge in [0, 0.05) is 58.5 Å². The third-order valence-corrected chi connectivity index (χ3v) is 6.21. The van der Waals surface area contributed by atoms with Crippen LogP contribution >= 0.6 is 0 Å². The van der Waals surface area contributed by atoms with E-state index in [1.165, 1.54) is 6.92 Å². The molecule has 0 aliphatic carbocycles. The van der Waals surface area contributed by atoms with Gasteiger partial charge in [-0.05, 0) is 25.0 Å². The number of benzene rings is 1. The summed E-state index contributed by atoms with van der Waals surface area (Å²) in [5, 5.41) is 3.45. The summed E-state index contributed by atoms with van der Waals surface area (Å²) in [5.74, 6) is 0.882. The first-order chi connectivity index (χ1) is 15.9. The Balaban J connectivity index is 1.86.